The van der Waals surface area contributed by atoms with Crippen molar-refractivity contribution in [1.82, 2.24) is 0 Å². The molecule has 23 heavy (non-hydrogen) atoms. The molecule has 0 aliphatic carbocycles. The molecule has 0 aliphatic rings. The van der Waals surface area contributed by atoms with E-state index in [0.717, 1.165) is 18.7 Å². The van der Waals surface area contributed by atoms with Crippen LogP contribution < -0.4 is 4.90 Å². The summed E-state index contributed by atoms with van der Waals surface area (Å²) < 4.78 is 0. The van der Waals surface area contributed by atoms with Crippen molar-refractivity contribution < 1.29 is 0 Å². The number of hydrogen-bond acceptors (Lipinski definition) is 1. The molecule has 0 aromatic heterocycles. The first-order valence-corrected chi connectivity index (χ1v) is 8.86. The maximum atomic E-state index is 4.26. The third-order valence-corrected chi connectivity index (χ3v) is 4.27. The van der Waals surface area contributed by atoms with Gasteiger partial charge >= 0.3 is 0 Å². The number of unbranched alkanes of at least 4 members (excludes halogenated alkanes) is 2. The van der Waals surface area contributed by atoms with Crippen LogP contribution in [0.15, 0.2) is 61.2 Å². The summed E-state index contributed by atoms with van der Waals surface area (Å²) in [6.45, 7) is 11.1. The highest BCUT2D eigenvalue weighted by Crippen LogP contribution is 2.24. The summed E-state index contributed by atoms with van der Waals surface area (Å²) in [5.74, 6) is 0. The largest absolute Gasteiger partial charge is 0.372 e. The van der Waals surface area contributed by atoms with Crippen molar-refractivity contribution >= 4 is 11.3 Å². The molecule has 1 heteroatoms. The average Bonchev–Trinajstić information content (AvgIpc) is 2.62. The standard InChI is InChI=1S/C22H29N/c1-4-6-17-23(18-7-5-2)22-15-13-21(14-16-22)19(3)20-11-9-8-10-12-20/h8-16H,3-7,17-18H2,1-2H3. The summed E-state index contributed by atoms with van der Waals surface area (Å²) in [6, 6.07) is 19.3. The zero-order chi connectivity index (χ0) is 16.5. The first-order chi connectivity index (χ1) is 11.3. The Labute approximate surface area is 141 Å². The van der Waals surface area contributed by atoms with Gasteiger partial charge in [0.15, 0.2) is 0 Å². The van der Waals surface area contributed by atoms with Crippen molar-refractivity contribution in [3.8, 4) is 0 Å². The van der Waals surface area contributed by atoms with Gasteiger partial charge in [-0.05, 0) is 41.7 Å². The first-order valence-electron chi connectivity index (χ1n) is 8.86. The highest BCUT2D eigenvalue weighted by atomic mass is 15.1. The Morgan fingerprint density at radius 3 is 1.83 bits per heavy atom. The van der Waals surface area contributed by atoms with Crippen LogP contribution in [0.1, 0.15) is 50.7 Å². The lowest BCUT2D eigenvalue weighted by Gasteiger charge is -2.25. The summed E-state index contributed by atoms with van der Waals surface area (Å²) in [5.41, 5.74) is 4.81. The average molecular weight is 307 g/mol. The Hall–Kier alpha value is -2.02. The van der Waals surface area contributed by atoms with E-state index in [9.17, 15) is 0 Å². The molecule has 0 radical (unpaired) electrons. The van der Waals surface area contributed by atoms with Gasteiger partial charge in [-0.2, -0.15) is 0 Å². The van der Waals surface area contributed by atoms with Crippen molar-refractivity contribution in [3.05, 3.63) is 72.3 Å². The fourth-order valence-corrected chi connectivity index (χ4v) is 2.75. The lowest BCUT2D eigenvalue weighted by molar-refractivity contribution is 0.678. The highest BCUT2D eigenvalue weighted by molar-refractivity contribution is 5.78. The van der Waals surface area contributed by atoms with Gasteiger partial charge < -0.3 is 4.90 Å². The number of nitrogens with zero attached hydrogens (tertiary/aromatic N) is 1. The van der Waals surface area contributed by atoms with E-state index in [1.165, 1.54) is 42.5 Å². The Bertz CT molecular complexity index is 575. The fraction of sp³-hybridized carbons (Fsp3) is 0.364. The van der Waals surface area contributed by atoms with Crippen LogP contribution in [-0.4, -0.2) is 13.1 Å². The molecule has 0 bridgehead atoms. The lowest BCUT2D eigenvalue weighted by Crippen LogP contribution is -2.25. The van der Waals surface area contributed by atoms with Crippen LogP contribution in [0.2, 0.25) is 0 Å². The summed E-state index contributed by atoms with van der Waals surface area (Å²) in [7, 11) is 0. The molecule has 0 amide bonds. The molecule has 0 N–H and O–H groups in total. The van der Waals surface area contributed by atoms with Crippen LogP contribution in [0.3, 0.4) is 0 Å². The van der Waals surface area contributed by atoms with E-state index in [1.54, 1.807) is 0 Å². The van der Waals surface area contributed by atoms with Gasteiger partial charge in [-0.25, -0.2) is 0 Å². The van der Waals surface area contributed by atoms with E-state index < -0.39 is 0 Å². The quantitative estimate of drug-likeness (QED) is 0.536. The molecule has 0 unspecified atom stereocenters. The summed E-state index contributed by atoms with van der Waals surface area (Å²) >= 11 is 0. The zero-order valence-corrected chi connectivity index (χ0v) is 14.6. The van der Waals surface area contributed by atoms with E-state index in [0.29, 0.717) is 0 Å². The summed E-state index contributed by atoms with van der Waals surface area (Å²) in [5, 5.41) is 0. The number of benzene rings is 2. The van der Waals surface area contributed by atoms with Gasteiger partial charge in [0.25, 0.3) is 0 Å². The van der Waals surface area contributed by atoms with Gasteiger partial charge in [-0.3, -0.25) is 0 Å². The molecule has 2 rings (SSSR count). The molecule has 0 heterocycles. The number of hydrogen-bond donors (Lipinski definition) is 0. The monoisotopic (exact) mass is 307 g/mol. The molecule has 0 saturated heterocycles. The Morgan fingerprint density at radius 2 is 1.30 bits per heavy atom. The molecule has 122 valence electrons. The van der Waals surface area contributed by atoms with E-state index in [2.05, 4.69) is 73.9 Å². The van der Waals surface area contributed by atoms with Crippen molar-refractivity contribution in [2.75, 3.05) is 18.0 Å². The van der Waals surface area contributed by atoms with Gasteiger partial charge in [0.2, 0.25) is 0 Å². The Kier molecular flexibility index (Phi) is 6.93. The molecule has 0 atom stereocenters. The second-order valence-corrected chi connectivity index (χ2v) is 6.09. The van der Waals surface area contributed by atoms with Gasteiger partial charge in [-0.1, -0.05) is 75.7 Å². The van der Waals surface area contributed by atoms with E-state index in [4.69, 9.17) is 0 Å². The van der Waals surface area contributed by atoms with Gasteiger partial charge in [0, 0.05) is 18.8 Å². The smallest absolute Gasteiger partial charge is 0.0366 e. The minimum absolute atomic E-state index is 1.09. The molecule has 2 aromatic carbocycles. The number of rotatable bonds is 9. The maximum Gasteiger partial charge on any atom is 0.0366 e. The molecule has 0 fully saturated rings. The summed E-state index contributed by atoms with van der Waals surface area (Å²) in [4.78, 5) is 2.52. The van der Waals surface area contributed by atoms with Gasteiger partial charge in [-0.15, -0.1) is 0 Å². The van der Waals surface area contributed by atoms with Crippen molar-refractivity contribution in [2.24, 2.45) is 0 Å². The minimum Gasteiger partial charge on any atom is -0.372 e. The molecule has 0 saturated carbocycles. The maximum absolute atomic E-state index is 4.26. The molecule has 2 aromatic rings. The van der Waals surface area contributed by atoms with Crippen molar-refractivity contribution in [3.63, 3.8) is 0 Å². The second kappa shape index (κ2) is 9.19. The third kappa shape index (κ3) is 4.99. The van der Waals surface area contributed by atoms with Crippen LogP contribution in [-0.2, 0) is 0 Å². The van der Waals surface area contributed by atoms with Crippen LogP contribution in [0.4, 0.5) is 5.69 Å². The van der Waals surface area contributed by atoms with Crippen LogP contribution in [0.25, 0.3) is 5.57 Å². The predicted molar refractivity (Wildman–Crippen MR) is 103 cm³/mol. The minimum atomic E-state index is 1.09. The van der Waals surface area contributed by atoms with E-state index in [1.807, 2.05) is 6.07 Å². The Balaban J connectivity index is 2.11. The normalized spacial score (nSPS) is 10.5. The third-order valence-electron chi connectivity index (χ3n) is 4.27. The van der Waals surface area contributed by atoms with E-state index >= 15 is 0 Å². The second-order valence-electron chi connectivity index (χ2n) is 6.09. The molecule has 0 aliphatic heterocycles. The summed E-state index contributed by atoms with van der Waals surface area (Å²) in [6.07, 6.45) is 4.99. The zero-order valence-electron chi connectivity index (χ0n) is 14.6. The molecular formula is C22H29N. The topological polar surface area (TPSA) is 3.24 Å². The fourth-order valence-electron chi connectivity index (χ4n) is 2.75. The first kappa shape index (κ1) is 17.3. The van der Waals surface area contributed by atoms with Crippen LogP contribution >= 0.6 is 0 Å². The number of anilines is 1. The highest BCUT2D eigenvalue weighted by Gasteiger charge is 2.07. The molecular weight excluding hydrogens is 278 g/mol. The van der Waals surface area contributed by atoms with Gasteiger partial charge in [0.05, 0.1) is 0 Å². The predicted octanol–water partition coefficient (Wildman–Crippen LogP) is 6.15. The van der Waals surface area contributed by atoms with Crippen molar-refractivity contribution in [2.45, 2.75) is 39.5 Å². The SMILES string of the molecule is C=C(c1ccccc1)c1ccc(N(CCCC)CCCC)cc1. The van der Waals surface area contributed by atoms with E-state index in [-0.39, 0.29) is 0 Å². The van der Waals surface area contributed by atoms with Gasteiger partial charge in [0.1, 0.15) is 0 Å². The van der Waals surface area contributed by atoms with Crippen molar-refractivity contribution in [1.29, 1.82) is 0 Å². The lowest BCUT2D eigenvalue weighted by atomic mass is 9.99. The molecule has 1 nitrogen and oxygen atoms in total. The molecule has 0 spiro atoms. The van der Waals surface area contributed by atoms with Crippen LogP contribution in [0.5, 0.6) is 0 Å². The Morgan fingerprint density at radius 1 is 0.783 bits per heavy atom. The van der Waals surface area contributed by atoms with Crippen LogP contribution in [0, 0.1) is 0 Å².